The molecule has 0 saturated carbocycles. The highest BCUT2D eigenvalue weighted by Gasteiger charge is 2.09. The largest absolute Gasteiger partial charge is 0.475 e. The van der Waals surface area contributed by atoms with Gasteiger partial charge in [0.15, 0.2) is 0 Å². The molecule has 2 aromatic rings. The van der Waals surface area contributed by atoms with Crippen LogP contribution in [-0.2, 0) is 6.54 Å². The average Bonchev–Trinajstić information content (AvgIpc) is 2.76. The van der Waals surface area contributed by atoms with Gasteiger partial charge < -0.3 is 9.63 Å². The Balaban J connectivity index is 2.14. The Bertz CT molecular complexity index is 488. The molecule has 0 aliphatic heterocycles. The van der Waals surface area contributed by atoms with E-state index in [0.717, 1.165) is 0 Å². The minimum atomic E-state index is -1.15. The summed E-state index contributed by atoms with van der Waals surface area (Å²) in [5, 5.41) is 16.1. The Hall–Kier alpha value is -2.18. The van der Waals surface area contributed by atoms with Gasteiger partial charge in [-0.2, -0.15) is 0 Å². The lowest BCUT2D eigenvalue weighted by Crippen LogP contribution is -2.04. The number of hydrogen-bond donors (Lipinski definition) is 1. The molecule has 0 bridgehead atoms. The van der Waals surface area contributed by atoms with Gasteiger partial charge in [-0.25, -0.2) is 14.5 Å². The quantitative estimate of drug-likeness (QED) is 0.780. The van der Waals surface area contributed by atoms with Gasteiger partial charge in [-0.3, -0.25) is 0 Å². The second-order valence-corrected chi connectivity index (χ2v) is 3.00. The summed E-state index contributed by atoms with van der Waals surface area (Å²) in [6.45, 7) is 2.12. The first-order valence-corrected chi connectivity index (χ1v) is 4.20. The summed E-state index contributed by atoms with van der Waals surface area (Å²) in [7, 11) is 0. The Labute approximate surface area is 84.3 Å². The fourth-order valence-electron chi connectivity index (χ4n) is 1.13. The van der Waals surface area contributed by atoms with Crippen molar-refractivity contribution in [1.29, 1.82) is 0 Å². The van der Waals surface area contributed by atoms with Crippen LogP contribution in [0, 0.1) is 6.92 Å². The van der Waals surface area contributed by atoms with E-state index in [2.05, 4.69) is 15.2 Å². The van der Waals surface area contributed by atoms with Crippen LogP contribution in [0.15, 0.2) is 16.9 Å². The van der Waals surface area contributed by atoms with E-state index in [1.807, 2.05) is 0 Å². The molecule has 0 atom stereocenters. The van der Waals surface area contributed by atoms with Gasteiger partial charge in [0.05, 0.1) is 6.54 Å². The lowest BCUT2D eigenvalue weighted by Gasteiger charge is -1.93. The number of carboxylic acids is 1. The summed E-state index contributed by atoms with van der Waals surface area (Å²) < 4.78 is 6.25. The maximum absolute atomic E-state index is 10.5. The average molecular weight is 208 g/mol. The number of nitrogens with zero attached hydrogens (tertiary/aromatic N) is 4. The van der Waals surface area contributed by atoms with Crippen LogP contribution in [-0.4, -0.2) is 31.0 Å². The molecule has 0 aliphatic carbocycles. The zero-order chi connectivity index (χ0) is 10.8. The highest BCUT2D eigenvalue weighted by atomic mass is 16.5. The Morgan fingerprint density at radius 2 is 2.47 bits per heavy atom. The molecule has 78 valence electrons. The van der Waals surface area contributed by atoms with Gasteiger partial charge in [-0.05, 0) is 6.92 Å². The number of aryl methyl sites for hydroxylation is 1. The van der Waals surface area contributed by atoms with E-state index in [1.54, 1.807) is 13.0 Å². The lowest BCUT2D eigenvalue weighted by molar-refractivity contribution is 0.0683. The summed E-state index contributed by atoms with van der Waals surface area (Å²) in [6, 6.07) is 1.75. The minimum absolute atomic E-state index is 0.227. The zero-order valence-electron chi connectivity index (χ0n) is 7.91. The van der Waals surface area contributed by atoms with Crippen molar-refractivity contribution < 1.29 is 14.4 Å². The van der Waals surface area contributed by atoms with E-state index in [4.69, 9.17) is 9.63 Å². The van der Waals surface area contributed by atoms with E-state index in [0.29, 0.717) is 18.0 Å². The molecule has 2 heterocycles. The highest BCUT2D eigenvalue weighted by Crippen LogP contribution is 2.03. The van der Waals surface area contributed by atoms with Crippen LogP contribution < -0.4 is 0 Å². The molecular weight excluding hydrogens is 200 g/mol. The molecule has 1 N–H and O–H groups in total. The molecule has 0 fully saturated rings. The van der Waals surface area contributed by atoms with Crippen molar-refractivity contribution in [2.75, 3.05) is 0 Å². The molecule has 2 rings (SSSR count). The summed E-state index contributed by atoms with van der Waals surface area (Å²) in [4.78, 5) is 14.1. The first-order valence-electron chi connectivity index (χ1n) is 4.20. The molecule has 7 nitrogen and oxygen atoms in total. The molecule has 0 saturated heterocycles. The van der Waals surface area contributed by atoms with E-state index < -0.39 is 5.97 Å². The summed E-state index contributed by atoms with van der Waals surface area (Å²) in [5.41, 5.74) is 0.675. The number of rotatable bonds is 3. The van der Waals surface area contributed by atoms with Gasteiger partial charge in [-0.1, -0.05) is 5.16 Å². The van der Waals surface area contributed by atoms with Gasteiger partial charge in [0.2, 0.25) is 0 Å². The van der Waals surface area contributed by atoms with Crippen LogP contribution in [0.4, 0.5) is 0 Å². The van der Waals surface area contributed by atoms with Crippen molar-refractivity contribution in [3.63, 3.8) is 0 Å². The fraction of sp³-hybridized carbons (Fsp3) is 0.250. The number of carboxylic acid groups (broad SMARTS) is 1. The minimum Gasteiger partial charge on any atom is -0.475 e. The van der Waals surface area contributed by atoms with Crippen molar-refractivity contribution in [3.8, 4) is 0 Å². The van der Waals surface area contributed by atoms with Crippen LogP contribution in [0.25, 0.3) is 0 Å². The first-order chi connectivity index (χ1) is 7.15. The van der Waals surface area contributed by atoms with Gasteiger partial charge >= 0.3 is 5.97 Å². The van der Waals surface area contributed by atoms with Crippen molar-refractivity contribution >= 4 is 5.97 Å². The third-order valence-corrected chi connectivity index (χ3v) is 1.73. The first kappa shape index (κ1) is 9.38. The highest BCUT2D eigenvalue weighted by molar-refractivity contribution is 5.82. The predicted molar refractivity (Wildman–Crippen MR) is 47.3 cm³/mol. The van der Waals surface area contributed by atoms with Crippen LogP contribution in [0.5, 0.6) is 0 Å². The van der Waals surface area contributed by atoms with Crippen LogP contribution in [0.3, 0.4) is 0 Å². The fourth-order valence-corrected chi connectivity index (χ4v) is 1.13. The van der Waals surface area contributed by atoms with Gasteiger partial charge in [0, 0.05) is 6.07 Å². The topological polar surface area (TPSA) is 94.0 Å². The van der Waals surface area contributed by atoms with Gasteiger partial charge in [0.25, 0.3) is 5.82 Å². The standard InChI is InChI=1S/C8H8N4O3/c1-5-2-6(11-15-5)3-12-4-9-7(10-12)8(13)14/h2,4H,3H2,1H3,(H,13,14). The molecule has 0 spiro atoms. The second kappa shape index (κ2) is 3.52. The third-order valence-electron chi connectivity index (χ3n) is 1.73. The second-order valence-electron chi connectivity index (χ2n) is 3.00. The van der Waals surface area contributed by atoms with Crippen LogP contribution in [0.1, 0.15) is 22.1 Å². The molecule has 15 heavy (non-hydrogen) atoms. The van der Waals surface area contributed by atoms with Crippen molar-refractivity contribution in [3.05, 3.63) is 29.7 Å². The van der Waals surface area contributed by atoms with E-state index >= 15 is 0 Å². The van der Waals surface area contributed by atoms with Gasteiger partial charge in [-0.15, -0.1) is 5.10 Å². The van der Waals surface area contributed by atoms with Crippen LogP contribution in [0.2, 0.25) is 0 Å². The van der Waals surface area contributed by atoms with Crippen molar-refractivity contribution in [2.24, 2.45) is 0 Å². The van der Waals surface area contributed by atoms with Crippen molar-refractivity contribution in [2.45, 2.75) is 13.5 Å². The monoisotopic (exact) mass is 208 g/mol. The molecule has 0 aliphatic rings. The van der Waals surface area contributed by atoms with E-state index in [1.165, 1.54) is 11.0 Å². The lowest BCUT2D eigenvalue weighted by atomic mass is 10.4. The molecular formula is C8H8N4O3. The number of aromatic nitrogens is 4. The van der Waals surface area contributed by atoms with Gasteiger partial charge in [0.1, 0.15) is 17.8 Å². The molecule has 2 aromatic heterocycles. The summed E-state index contributed by atoms with van der Waals surface area (Å²) in [5.74, 6) is -0.677. The summed E-state index contributed by atoms with van der Waals surface area (Å²) in [6.07, 6.45) is 1.34. The third kappa shape index (κ3) is 2.01. The molecule has 0 radical (unpaired) electrons. The molecule has 7 heteroatoms. The molecule has 0 aromatic carbocycles. The number of hydrogen-bond acceptors (Lipinski definition) is 5. The maximum Gasteiger partial charge on any atom is 0.375 e. The maximum atomic E-state index is 10.5. The van der Waals surface area contributed by atoms with Crippen LogP contribution >= 0.6 is 0 Å². The smallest absolute Gasteiger partial charge is 0.375 e. The van der Waals surface area contributed by atoms with E-state index in [9.17, 15) is 4.79 Å². The normalized spacial score (nSPS) is 10.5. The SMILES string of the molecule is Cc1cc(Cn2cnc(C(=O)O)n2)no1. The Kier molecular flexibility index (Phi) is 2.20. The Morgan fingerprint density at radius 1 is 1.67 bits per heavy atom. The number of carbonyl (C=O) groups is 1. The molecule has 0 amide bonds. The molecule has 0 unspecified atom stereocenters. The Morgan fingerprint density at radius 3 is 3.00 bits per heavy atom. The van der Waals surface area contributed by atoms with Crippen molar-refractivity contribution in [1.82, 2.24) is 19.9 Å². The number of aromatic carboxylic acids is 1. The zero-order valence-corrected chi connectivity index (χ0v) is 7.91. The predicted octanol–water partition coefficient (Wildman–Crippen LogP) is 0.321. The van der Waals surface area contributed by atoms with E-state index in [-0.39, 0.29) is 5.82 Å². The summed E-state index contributed by atoms with van der Waals surface area (Å²) >= 11 is 0.